The van der Waals surface area contributed by atoms with Gasteiger partial charge in [0.15, 0.2) is 0 Å². The summed E-state index contributed by atoms with van der Waals surface area (Å²) < 4.78 is 0. The largest absolute Gasteiger partial charge is 0.299 e. The van der Waals surface area contributed by atoms with E-state index in [1.807, 2.05) is 6.08 Å². The van der Waals surface area contributed by atoms with E-state index in [0.29, 0.717) is 0 Å². The summed E-state index contributed by atoms with van der Waals surface area (Å²) in [5, 5.41) is 0. The molecule has 0 saturated heterocycles. The van der Waals surface area contributed by atoms with E-state index in [9.17, 15) is 0 Å². The summed E-state index contributed by atoms with van der Waals surface area (Å²) in [7, 11) is 0. The first-order chi connectivity index (χ1) is 9.80. The third-order valence-corrected chi connectivity index (χ3v) is 3.90. The highest BCUT2D eigenvalue weighted by molar-refractivity contribution is 5.47. The lowest BCUT2D eigenvalue weighted by Crippen LogP contribution is -2.24. The van der Waals surface area contributed by atoms with Crippen LogP contribution >= 0.6 is 0 Å². The zero-order chi connectivity index (χ0) is 14.6. The van der Waals surface area contributed by atoms with Crippen molar-refractivity contribution in [1.82, 2.24) is 4.90 Å². The summed E-state index contributed by atoms with van der Waals surface area (Å²) in [6.07, 6.45) is 10.2. The summed E-state index contributed by atoms with van der Waals surface area (Å²) >= 11 is 0. The molecule has 20 heavy (non-hydrogen) atoms. The third kappa shape index (κ3) is 6.91. The summed E-state index contributed by atoms with van der Waals surface area (Å²) in [6.45, 7) is 11.8. The molecule has 0 amide bonds. The molecule has 0 heterocycles. The van der Waals surface area contributed by atoms with Crippen molar-refractivity contribution in [2.24, 2.45) is 0 Å². The van der Waals surface area contributed by atoms with Gasteiger partial charge in [0.1, 0.15) is 0 Å². The van der Waals surface area contributed by atoms with Gasteiger partial charge in [-0.05, 0) is 30.6 Å². The molecule has 0 aromatic heterocycles. The first-order valence-corrected chi connectivity index (χ1v) is 8.23. The summed E-state index contributed by atoms with van der Waals surface area (Å²) in [5.41, 5.74) is 2.61. The number of hydrogen-bond donors (Lipinski definition) is 0. The molecule has 0 aliphatic rings. The summed E-state index contributed by atoms with van der Waals surface area (Å²) in [5.74, 6) is 0. The van der Waals surface area contributed by atoms with Crippen molar-refractivity contribution in [1.29, 1.82) is 0 Å². The van der Waals surface area contributed by atoms with Crippen LogP contribution in [-0.2, 0) is 6.54 Å². The van der Waals surface area contributed by atoms with E-state index in [-0.39, 0.29) is 0 Å². The molecule has 0 N–H and O–H groups in total. The number of nitrogens with zero attached hydrogens (tertiary/aromatic N) is 1. The Bertz CT molecular complexity index is 353. The van der Waals surface area contributed by atoms with Gasteiger partial charge in [-0.25, -0.2) is 0 Å². The van der Waals surface area contributed by atoms with E-state index in [1.54, 1.807) is 0 Å². The summed E-state index contributed by atoms with van der Waals surface area (Å²) in [6, 6.07) is 8.75. The maximum absolute atomic E-state index is 3.80. The van der Waals surface area contributed by atoms with Gasteiger partial charge < -0.3 is 0 Å². The summed E-state index contributed by atoms with van der Waals surface area (Å²) in [4.78, 5) is 2.54. The molecule has 0 unspecified atom stereocenters. The number of rotatable bonds is 11. The van der Waals surface area contributed by atoms with E-state index in [0.717, 1.165) is 13.1 Å². The van der Waals surface area contributed by atoms with Gasteiger partial charge in [-0.1, -0.05) is 82.9 Å². The quantitative estimate of drug-likeness (QED) is 0.480. The predicted octanol–water partition coefficient (Wildman–Crippen LogP) is 5.51. The Morgan fingerprint density at radius 1 is 0.950 bits per heavy atom. The molecule has 112 valence electrons. The lowest BCUT2D eigenvalue weighted by atomic mass is 10.1. The van der Waals surface area contributed by atoms with Crippen LogP contribution in [0.1, 0.15) is 63.5 Å². The maximum atomic E-state index is 3.80. The molecular weight excluding hydrogens is 242 g/mol. The van der Waals surface area contributed by atoms with Crippen molar-refractivity contribution in [2.75, 3.05) is 13.1 Å². The normalized spacial score (nSPS) is 10.9. The Morgan fingerprint density at radius 3 is 2.20 bits per heavy atom. The second-order valence-electron chi connectivity index (χ2n) is 5.58. The van der Waals surface area contributed by atoms with E-state index in [4.69, 9.17) is 0 Å². The van der Waals surface area contributed by atoms with Gasteiger partial charge in [0.2, 0.25) is 0 Å². The van der Waals surface area contributed by atoms with Gasteiger partial charge in [0.25, 0.3) is 0 Å². The lowest BCUT2D eigenvalue weighted by molar-refractivity contribution is 0.272. The average molecular weight is 273 g/mol. The fourth-order valence-corrected chi connectivity index (χ4v) is 2.48. The highest BCUT2D eigenvalue weighted by Crippen LogP contribution is 2.10. The molecule has 1 aromatic rings. The van der Waals surface area contributed by atoms with Crippen LogP contribution in [0.3, 0.4) is 0 Å². The van der Waals surface area contributed by atoms with Gasteiger partial charge in [-0.2, -0.15) is 0 Å². The van der Waals surface area contributed by atoms with Crippen LogP contribution in [0.2, 0.25) is 0 Å². The van der Waals surface area contributed by atoms with Gasteiger partial charge in [0.05, 0.1) is 0 Å². The fourth-order valence-electron chi connectivity index (χ4n) is 2.48. The Kier molecular flexibility index (Phi) is 9.06. The molecule has 0 bridgehead atoms. The minimum atomic E-state index is 1.07. The molecule has 1 rings (SSSR count). The van der Waals surface area contributed by atoms with Crippen molar-refractivity contribution in [2.45, 2.75) is 58.9 Å². The van der Waals surface area contributed by atoms with Crippen LogP contribution in [0, 0.1) is 0 Å². The molecule has 1 aromatic carbocycles. The number of unbranched alkanes of at least 4 members (excludes halogenated alkanes) is 5. The second kappa shape index (κ2) is 10.7. The first kappa shape index (κ1) is 17.0. The van der Waals surface area contributed by atoms with Crippen LogP contribution < -0.4 is 0 Å². The van der Waals surface area contributed by atoms with Gasteiger partial charge in [-0.3, -0.25) is 4.90 Å². The molecule has 0 radical (unpaired) electrons. The van der Waals surface area contributed by atoms with Crippen molar-refractivity contribution < 1.29 is 0 Å². The number of benzene rings is 1. The minimum Gasteiger partial charge on any atom is -0.299 e. The Morgan fingerprint density at radius 2 is 1.60 bits per heavy atom. The molecule has 0 saturated carbocycles. The standard InChI is InChI=1S/C19H31N/c1-4-7-8-9-10-11-16-20(6-3)17-19-14-12-18(5-2)13-15-19/h5,12-15H,2,4,6-11,16-17H2,1,3H3. The predicted molar refractivity (Wildman–Crippen MR) is 90.9 cm³/mol. The van der Waals surface area contributed by atoms with Crippen molar-refractivity contribution in [3.8, 4) is 0 Å². The zero-order valence-electron chi connectivity index (χ0n) is 13.4. The molecule has 0 atom stereocenters. The van der Waals surface area contributed by atoms with Gasteiger partial charge >= 0.3 is 0 Å². The lowest BCUT2D eigenvalue weighted by Gasteiger charge is -2.20. The molecule has 1 heteroatoms. The monoisotopic (exact) mass is 273 g/mol. The Labute approximate surface area is 125 Å². The van der Waals surface area contributed by atoms with E-state index in [2.05, 4.69) is 49.6 Å². The zero-order valence-corrected chi connectivity index (χ0v) is 13.4. The minimum absolute atomic E-state index is 1.07. The van der Waals surface area contributed by atoms with Crippen LogP contribution in [0.4, 0.5) is 0 Å². The maximum Gasteiger partial charge on any atom is 0.0233 e. The van der Waals surface area contributed by atoms with Crippen LogP contribution in [0.25, 0.3) is 6.08 Å². The molecule has 0 spiro atoms. The highest BCUT2D eigenvalue weighted by atomic mass is 15.1. The van der Waals surface area contributed by atoms with Crippen LogP contribution in [0.15, 0.2) is 30.8 Å². The van der Waals surface area contributed by atoms with Gasteiger partial charge in [-0.15, -0.1) is 0 Å². The van der Waals surface area contributed by atoms with Crippen molar-refractivity contribution >= 4 is 6.08 Å². The van der Waals surface area contributed by atoms with E-state index in [1.165, 1.54) is 56.2 Å². The molecule has 0 aliphatic heterocycles. The number of hydrogen-bond acceptors (Lipinski definition) is 1. The highest BCUT2D eigenvalue weighted by Gasteiger charge is 2.03. The Hall–Kier alpha value is -1.08. The fraction of sp³-hybridized carbons (Fsp3) is 0.579. The second-order valence-corrected chi connectivity index (χ2v) is 5.58. The van der Waals surface area contributed by atoms with E-state index < -0.39 is 0 Å². The first-order valence-electron chi connectivity index (χ1n) is 8.23. The molecule has 0 aliphatic carbocycles. The van der Waals surface area contributed by atoms with Crippen LogP contribution in [0.5, 0.6) is 0 Å². The molecule has 0 fully saturated rings. The Balaban J connectivity index is 2.25. The molecule has 1 nitrogen and oxygen atoms in total. The van der Waals surface area contributed by atoms with Gasteiger partial charge in [0, 0.05) is 6.54 Å². The topological polar surface area (TPSA) is 3.24 Å². The molecular formula is C19H31N. The van der Waals surface area contributed by atoms with E-state index >= 15 is 0 Å². The van der Waals surface area contributed by atoms with Crippen molar-refractivity contribution in [3.63, 3.8) is 0 Å². The SMILES string of the molecule is C=Cc1ccc(CN(CC)CCCCCCCC)cc1. The third-order valence-electron chi connectivity index (χ3n) is 3.90. The van der Waals surface area contributed by atoms with Crippen LogP contribution in [-0.4, -0.2) is 18.0 Å². The smallest absolute Gasteiger partial charge is 0.0233 e. The average Bonchev–Trinajstić information content (AvgIpc) is 2.50. The van der Waals surface area contributed by atoms with Crippen molar-refractivity contribution in [3.05, 3.63) is 42.0 Å².